The summed E-state index contributed by atoms with van der Waals surface area (Å²) in [5.74, 6) is 0.268. The molecule has 3 aromatic heterocycles. The summed E-state index contributed by atoms with van der Waals surface area (Å²) in [4.78, 5) is 13.9. The largest absolute Gasteiger partial charge is 0.508 e. The number of nitrogens with zero attached hydrogens (tertiary/aromatic N) is 3. The smallest absolute Gasteiger partial charge is 0.124 e. The van der Waals surface area contributed by atoms with Gasteiger partial charge in [-0.1, -0.05) is 12.1 Å². The Bertz CT molecular complexity index is 2610. The van der Waals surface area contributed by atoms with Gasteiger partial charge in [-0.2, -0.15) is 0 Å². The lowest BCUT2D eigenvalue weighted by Crippen LogP contribution is -1.88. The summed E-state index contributed by atoms with van der Waals surface area (Å²) in [6.07, 6.45) is 0. The van der Waals surface area contributed by atoms with Crippen LogP contribution in [-0.4, -0.2) is 20.1 Å². The predicted molar refractivity (Wildman–Crippen MR) is 245 cm³/mol. The zero-order chi connectivity index (χ0) is 37.2. The first-order chi connectivity index (χ1) is 25.5. The van der Waals surface area contributed by atoms with Crippen LogP contribution in [0.1, 0.15) is 11.1 Å². The number of aromatic nitrogens is 3. The van der Waals surface area contributed by atoms with Gasteiger partial charge < -0.3 is 22.3 Å². The number of thiazole rings is 3. The number of aromatic hydroxyl groups is 1. The molecular weight excluding hydrogens is 943 g/mol. The molecule has 6 aromatic carbocycles. The molecule has 12 heteroatoms. The third-order valence-electron chi connectivity index (χ3n) is 8.11. The summed E-state index contributed by atoms with van der Waals surface area (Å²) >= 11 is 9.47. The molecule has 7 nitrogen and oxygen atoms in total. The third kappa shape index (κ3) is 8.73. The Morgan fingerprint density at radius 2 is 0.868 bits per heavy atom. The molecule has 0 saturated carbocycles. The number of benzene rings is 6. The normalized spacial score (nSPS) is 10.9. The Morgan fingerprint density at radius 1 is 0.472 bits per heavy atom. The van der Waals surface area contributed by atoms with Crippen LogP contribution in [0.3, 0.4) is 0 Å². The Labute approximate surface area is 345 Å². The molecule has 9 aromatic rings. The van der Waals surface area contributed by atoms with Gasteiger partial charge in [-0.3, -0.25) is 0 Å². The Balaban J connectivity index is 0.000000123. The third-order valence-corrected chi connectivity index (χ3v) is 13.2. The van der Waals surface area contributed by atoms with Crippen molar-refractivity contribution in [3.63, 3.8) is 0 Å². The minimum atomic E-state index is 0.268. The summed E-state index contributed by atoms with van der Waals surface area (Å²) in [5.41, 5.74) is 28.6. The van der Waals surface area contributed by atoms with E-state index < -0.39 is 0 Å². The number of nitrogens with two attached hydrogens (primary N) is 3. The quantitative estimate of drug-likeness (QED) is 0.102. The van der Waals surface area contributed by atoms with Crippen LogP contribution in [0.15, 0.2) is 115 Å². The molecule has 0 saturated heterocycles. The van der Waals surface area contributed by atoms with Crippen LogP contribution in [0.4, 0.5) is 17.1 Å². The molecule has 0 spiro atoms. The van der Waals surface area contributed by atoms with E-state index in [4.69, 9.17) is 17.2 Å². The van der Waals surface area contributed by atoms with Crippen molar-refractivity contribution < 1.29 is 5.11 Å². The molecule has 264 valence electrons. The van der Waals surface area contributed by atoms with E-state index in [0.29, 0.717) is 0 Å². The number of anilines is 3. The van der Waals surface area contributed by atoms with E-state index in [1.54, 1.807) is 46.1 Å². The SMILES string of the molecule is Cc1ccc2nc(-c3ccc(N)c(I)c3)sc2c1.Cc1ccc2nc(-c3ccc(N)cc3)sc2c1.Nc1ccc(-c2nc3ccc(O)cc3s2)cc1I. The number of aryl methyl sites for hydroxylation is 2. The average Bonchev–Trinajstić information content (AvgIpc) is 3.88. The van der Waals surface area contributed by atoms with Crippen LogP contribution in [0.25, 0.3) is 62.4 Å². The van der Waals surface area contributed by atoms with Crippen molar-refractivity contribution in [2.45, 2.75) is 13.8 Å². The number of nitrogen functional groups attached to an aromatic ring is 3. The highest BCUT2D eigenvalue weighted by Crippen LogP contribution is 2.35. The van der Waals surface area contributed by atoms with E-state index in [2.05, 4.69) is 116 Å². The van der Waals surface area contributed by atoms with Crippen LogP contribution < -0.4 is 17.2 Å². The molecule has 3 heterocycles. The van der Waals surface area contributed by atoms with Gasteiger partial charge >= 0.3 is 0 Å². The maximum absolute atomic E-state index is 9.45. The van der Waals surface area contributed by atoms with Crippen molar-refractivity contribution in [1.29, 1.82) is 0 Å². The first-order valence-corrected chi connectivity index (χ1v) is 20.9. The Hall–Kier alpha value is -4.35. The standard InChI is InChI=1S/C14H11IN2S.C14H12N2S.C13H9IN2OS/c1-8-2-5-12-13(6-8)18-14(17-12)9-3-4-11(16)10(15)7-9;1-9-2-7-12-13(8-9)17-14(16-12)10-3-5-11(15)6-4-10;14-9-5-7(1-3-10(9)15)13-16-11-4-2-8(17)6-12(11)18-13/h2-7H,16H2,1H3;2-8H,15H2,1H3;1-6,17H,15H2. The molecule has 0 aliphatic heterocycles. The molecule has 0 amide bonds. The minimum Gasteiger partial charge on any atom is -0.508 e. The van der Waals surface area contributed by atoms with Crippen LogP contribution in [-0.2, 0) is 0 Å². The fraction of sp³-hybridized carbons (Fsp3) is 0.0488. The average molecular weight is 975 g/mol. The summed E-state index contributed by atoms with van der Waals surface area (Å²) in [5, 5.41) is 12.5. The molecular formula is C41H32I2N6OS3. The van der Waals surface area contributed by atoms with Crippen molar-refractivity contribution in [1.82, 2.24) is 15.0 Å². The molecule has 0 fully saturated rings. The second-order valence-corrected chi connectivity index (χ2v) is 17.7. The number of phenols is 1. The Kier molecular flexibility index (Phi) is 11.1. The molecule has 0 aliphatic rings. The second-order valence-electron chi connectivity index (χ2n) is 12.2. The topological polar surface area (TPSA) is 137 Å². The fourth-order valence-corrected chi connectivity index (χ4v) is 9.45. The zero-order valence-corrected chi connectivity index (χ0v) is 35.2. The maximum atomic E-state index is 9.45. The highest BCUT2D eigenvalue weighted by Gasteiger charge is 2.10. The van der Waals surface area contributed by atoms with Gasteiger partial charge in [0.05, 0.1) is 30.6 Å². The van der Waals surface area contributed by atoms with Gasteiger partial charge in [-0.05, 0) is 173 Å². The van der Waals surface area contributed by atoms with Crippen molar-refractivity contribution in [3.8, 4) is 37.5 Å². The minimum absolute atomic E-state index is 0.268. The Morgan fingerprint density at radius 3 is 1.32 bits per heavy atom. The van der Waals surface area contributed by atoms with Crippen molar-refractivity contribution in [2.24, 2.45) is 0 Å². The molecule has 53 heavy (non-hydrogen) atoms. The fourth-order valence-electron chi connectivity index (χ4n) is 5.29. The van der Waals surface area contributed by atoms with Crippen LogP contribution in [0.5, 0.6) is 5.75 Å². The summed E-state index contributed by atoms with van der Waals surface area (Å²) in [6, 6.07) is 37.7. The van der Waals surface area contributed by atoms with E-state index in [-0.39, 0.29) is 5.75 Å². The van der Waals surface area contributed by atoms with Gasteiger partial charge in [0.15, 0.2) is 0 Å². The van der Waals surface area contributed by atoms with Gasteiger partial charge in [-0.15, -0.1) is 34.0 Å². The van der Waals surface area contributed by atoms with Crippen LogP contribution >= 0.6 is 79.2 Å². The highest BCUT2D eigenvalue weighted by atomic mass is 127. The van der Waals surface area contributed by atoms with Gasteiger partial charge in [-0.25, -0.2) is 15.0 Å². The van der Waals surface area contributed by atoms with Crippen molar-refractivity contribution >= 4 is 127 Å². The van der Waals surface area contributed by atoms with Crippen molar-refractivity contribution in [3.05, 3.63) is 134 Å². The van der Waals surface area contributed by atoms with Gasteiger partial charge in [0.25, 0.3) is 0 Å². The zero-order valence-electron chi connectivity index (χ0n) is 28.5. The van der Waals surface area contributed by atoms with Crippen LogP contribution in [0.2, 0.25) is 0 Å². The molecule has 0 radical (unpaired) electrons. The predicted octanol–water partition coefficient (Wildman–Crippen LogP) is 12.2. The van der Waals surface area contributed by atoms with Gasteiger partial charge in [0, 0.05) is 40.9 Å². The van der Waals surface area contributed by atoms with E-state index in [9.17, 15) is 5.11 Å². The van der Waals surface area contributed by atoms with E-state index in [0.717, 1.165) is 77.2 Å². The van der Waals surface area contributed by atoms with E-state index in [1.807, 2.05) is 60.7 Å². The number of rotatable bonds is 3. The number of halogens is 2. The summed E-state index contributed by atoms with van der Waals surface area (Å²) < 4.78 is 5.54. The molecule has 7 N–H and O–H groups in total. The highest BCUT2D eigenvalue weighted by molar-refractivity contribution is 14.1. The number of hydrogen-bond donors (Lipinski definition) is 4. The molecule has 0 unspecified atom stereocenters. The number of fused-ring (bicyclic) bond motifs is 3. The van der Waals surface area contributed by atoms with Crippen LogP contribution in [0, 0.1) is 21.0 Å². The van der Waals surface area contributed by atoms with E-state index in [1.165, 1.54) is 20.5 Å². The first-order valence-electron chi connectivity index (χ1n) is 16.3. The van der Waals surface area contributed by atoms with Crippen molar-refractivity contribution in [2.75, 3.05) is 17.2 Å². The molecule has 9 rings (SSSR count). The molecule has 0 bridgehead atoms. The molecule has 0 aliphatic carbocycles. The summed E-state index contributed by atoms with van der Waals surface area (Å²) in [7, 11) is 0. The first kappa shape index (κ1) is 37.0. The maximum Gasteiger partial charge on any atom is 0.124 e. The van der Waals surface area contributed by atoms with Gasteiger partial charge in [0.1, 0.15) is 20.8 Å². The lowest BCUT2D eigenvalue weighted by Gasteiger charge is -2.00. The monoisotopic (exact) mass is 974 g/mol. The number of phenolic OH excluding ortho intramolecular Hbond substituents is 1. The molecule has 0 atom stereocenters. The lowest BCUT2D eigenvalue weighted by molar-refractivity contribution is 0.476. The second kappa shape index (κ2) is 15.9. The van der Waals surface area contributed by atoms with Gasteiger partial charge in [0.2, 0.25) is 0 Å². The van der Waals surface area contributed by atoms with E-state index >= 15 is 0 Å². The lowest BCUT2D eigenvalue weighted by atomic mass is 10.2. The summed E-state index contributed by atoms with van der Waals surface area (Å²) in [6.45, 7) is 4.20. The number of hydrogen-bond acceptors (Lipinski definition) is 10.